The standard InChI is InChI=1S/C22H23FN4O/c1-28-18-9-7-15(8-10-18)14-27-11-3-6-20(27)21-19(13-25-22(24)26-21)16-4-2-5-17(23)12-16/h2,4-5,7-10,12-13,20H,3,6,11,14H2,1H3,(H2,24,25,26). The van der Waals surface area contributed by atoms with Crippen LogP contribution in [0.15, 0.2) is 54.7 Å². The van der Waals surface area contributed by atoms with Gasteiger partial charge in [0.15, 0.2) is 0 Å². The number of benzene rings is 2. The number of nitrogen functional groups attached to an aromatic ring is 1. The topological polar surface area (TPSA) is 64.3 Å². The Kier molecular flexibility index (Phi) is 5.21. The number of methoxy groups -OCH3 is 1. The van der Waals surface area contributed by atoms with Gasteiger partial charge in [-0.2, -0.15) is 0 Å². The summed E-state index contributed by atoms with van der Waals surface area (Å²) in [7, 11) is 1.67. The van der Waals surface area contributed by atoms with Crippen molar-refractivity contribution in [2.45, 2.75) is 25.4 Å². The molecule has 0 radical (unpaired) electrons. The van der Waals surface area contributed by atoms with Crippen molar-refractivity contribution in [2.75, 3.05) is 19.4 Å². The Labute approximate surface area is 164 Å². The number of hydrogen-bond donors (Lipinski definition) is 1. The monoisotopic (exact) mass is 378 g/mol. The number of hydrogen-bond acceptors (Lipinski definition) is 5. The van der Waals surface area contributed by atoms with Crippen LogP contribution in [0.2, 0.25) is 0 Å². The number of ether oxygens (including phenoxy) is 1. The molecule has 1 atom stereocenters. The largest absolute Gasteiger partial charge is 0.497 e. The molecule has 6 heteroatoms. The molecule has 0 bridgehead atoms. The van der Waals surface area contributed by atoms with E-state index in [4.69, 9.17) is 10.5 Å². The van der Waals surface area contributed by atoms with Crippen LogP contribution in [0.25, 0.3) is 11.1 Å². The maximum atomic E-state index is 13.8. The Bertz CT molecular complexity index is 961. The number of likely N-dealkylation sites (tertiary alicyclic amines) is 1. The van der Waals surface area contributed by atoms with Crippen molar-refractivity contribution in [3.05, 3.63) is 71.8 Å². The summed E-state index contributed by atoms with van der Waals surface area (Å²) in [5.41, 5.74) is 9.58. The number of nitrogens with two attached hydrogens (primary N) is 1. The minimum atomic E-state index is -0.276. The molecule has 5 nitrogen and oxygen atoms in total. The SMILES string of the molecule is COc1ccc(CN2CCCC2c2nc(N)ncc2-c2cccc(F)c2)cc1. The quantitative estimate of drug-likeness (QED) is 0.720. The van der Waals surface area contributed by atoms with E-state index in [0.717, 1.165) is 48.5 Å². The molecule has 1 aliphatic heterocycles. The van der Waals surface area contributed by atoms with Gasteiger partial charge in [-0.25, -0.2) is 14.4 Å². The second-order valence-electron chi connectivity index (χ2n) is 7.01. The number of nitrogens with zero attached hydrogens (tertiary/aromatic N) is 3. The molecule has 1 unspecified atom stereocenters. The summed E-state index contributed by atoms with van der Waals surface area (Å²) in [4.78, 5) is 11.1. The van der Waals surface area contributed by atoms with Crippen LogP contribution in [0.1, 0.15) is 30.1 Å². The summed E-state index contributed by atoms with van der Waals surface area (Å²) >= 11 is 0. The maximum Gasteiger partial charge on any atom is 0.220 e. The Morgan fingerprint density at radius 1 is 1.21 bits per heavy atom. The average molecular weight is 378 g/mol. The molecule has 28 heavy (non-hydrogen) atoms. The summed E-state index contributed by atoms with van der Waals surface area (Å²) in [6.45, 7) is 1.78. The van der Waals surface area contributed by atoms with E-state index in [2.05, 4.69) is 27.0 Å². The Morgan fingerprint density at radius 2 is 2.04 bits per heavy atom. The summed E-state index contributed by atoms with van der Waals surface area (Å²) in [5, 5.41) is 0. The molecule has 2 N–H and O–H groups in total. The van der Waals surface area contributed by atoms with Crippen LogP contribution in [-0.4, -0.2) is 28.5 Å². The molecule has 3 aromatic rings. The van der Waals surface area contributed by atoms with Crippen LogP contribution in [0.5, 0.6) is 5.75 Å². The molecule has 1 aromatic heterocycles. The van der Waals surface area contributed by atoms with E-state index in [1.54, 1.807) is 19.4 Å². The predicted molar refractivity (Wildman–Crippen MR) is 107 cm³/mol. The highest BCUT2D eigenvalue weighted by Gasteiger charge is 2.30. The van der Waals surface area contributed by atoms with Gasteiger partial charge in [0.05, 0.1) is 18.8 Å². The summed E-state index contributed by atoms with van der Waals surface area (Å²) < 4.78 is 19.0. The minimum Gasteiger partial charge on any atom is -0.497 e. The third kappa shape index (κ3) is 3.82. The van der Waals surface area contributed by atoms with E-state index < -0.39 is 0 Å². The zero-order chi connectivity index (χ0) is 19.5. The van der Waals surface area contributed by atoms with Crippen LogP contribution in [0.3, 0.4) is 0 Å². The van der Waals surface area contributed by atoms with Crippen molar-refractivity contribution >= 4 is 5.95 Å². The van der Waals surface area contributed by atoms with Gasteiger partial charge in [0.25, 0.3) is 0 Å². The lowest BCUT2D eigenvalue weighted by atomic mass is 9.99. The lowest BCUT2D eigenvalue weighted by Crippen LogP contribution is -2.24. The molecule has 4 rings (SSSR count). The number of rotatable bonds is 5. The first-order valence-electron chi connectivity index (χ1n) is 9.39. The fourth-order valence-electron chi connectivity index (χ4n) is 3.83. The lowest BCUT2D eigenvalue weighted by Gasteiger charge is -2.26. The van der Waals surface area contributed by atoms with Crippen molar-refractivity contribution in [1.29, 1.82) is 0 Å². The smallest absolute Gasteiger partial charge is 0.220 e. The van der Waals surface area contributed by atoms with Gasteiger partial charge in [-0.1, -0.05) is 24.3 Å². The highest BCUT2D eigenvalue weighted by molar-refractivity contribution is 5.66. The van der Waals surface area contributed by atoms with Crippen LogP contribution >= 0.6 is 0 Å². The van der Waals surface area contributed by atoms with Crippen LogP contribution < -0.4 is 10.5 Å². The number of anilines is 1. The van der Waals surface area contributed by atoms with E-state index in [-0.39, 0.29) is 17.8 Å². The van der Waals surface area contributed by atoms with E-state index in [0.29, 0.717) is 0 Å². The number of halogens is 1. The molecule has 0 saturated carbocycles. The van der Waals surface area contributed by atoms with Gasteiger partial charge >= 0.3 is 0 Å². The zero-order valence-electron chi connectivity index (χ0n) is 15.8. The van der Waals surface area contributed by atoms with Crippen LogP contribution in [0, 0.1) is 5.82 Å². The van der Waals surface area contributed by atoms with Gasteiger partial charge in [-0.3, -0.25) is 4.90 Å². The highest BCUT2D eigenvalue weighted by atomic mass is 19.1. The fraction of sp³-hybridized carbons (Fsp3) is 0.273. The molecular formula is C22H23FN4O. The summed E-state index contributed by atoms with van der Waals surface area (Å²) in [6, 6.07) is 14.8. The van der Waals surface area contributed by atoms with E-state index >= 15 is 0 Å². The van der Waals surface area contributed by atoms with Crippen molar-refractivity contribution in [3.63, 3.8) is 0 Å². The van der Waals surface area contributed by atoms with Gasteiger partial charge in [0.2, 0.25) is 5.95 Å². The predicted octanol–water partition coefficient (Wildman–Crippen LogP) is 4.21. The van der Waals surface area contributed by atoms with Crippen LogP contribution in [-0.2, 0) is 6.54 Å². The van der Waals surface area contributed by atoms with Gasteiger partial charge in [0, 0.05) is 18.3 Å². The molecule has 1 saturated heterocycles. The highest BCUT2D eigenvalue weighted by Crippen LogP contribution is 2.37. The average Bonchev–Trinajstić information content (AvgIpc) is 3.16. The first kappa shape index (κ1) is 18.4. The molecule has 0 amide bonds. The second-order valence-corrected chi connectivity index (χ2v) is 7.01. The molecule has 2 aromatic carbocycles. The van der Waals surface area contributed by atoms with Gasteiger partial charge < -0.3 is 10.5 Å². The van der Waals surface area contributed by atoms with Gasteiger partial charge in [-0.05, 0) is 54.8 Å². The lowest BCUT2D eigenvalue weighted by molar-refractivity contribution is 0.245. The van der Waals surface area contributed by atoms with Crippen molar-refractivity contribution in [2.24, 2.45) is 0 Å². The first-order chi connectivity index (χ1) is 13.6. The maximum absolute atomic E-state index is 13.8. The first-order valence-corrected chi connectivity index (χ1v) is 9.39. The molecule has 2 heterocycles. The van der Waals surface area contributed by atoms with E-state index in [9.17, 15) is 4.39 Å². The zero-order valence-corrected chi connectivity index (χ0v) is 15.8. The van der Waals surface area contributed by atoms with Crippen molar-refractivity contribution < 1.29 is 9.13 Å². The van der Waals surface area contributed by atoms with Crippen molar-refractivity contribution in [1.82, 2.24) is 14.9 Å². The third-order valence-corrected chi connectivity index (χ3v) is 5.20. The second kappa shape index (κ2) is 7.94. The van der Waals surface area contributed by atoms with E-state index in [1.807, 2.05) is 18.2 Å². The normalized spacial score (nSPS) is 17.0. The molecule has 1 fully saturated rings. The molecule has 144 valence electrons. The Hall–Kier alpha value is -2.99. The molecule has 0 spiro atoms. The van der Waals surface area contributed by atoms with Crippen molar-refractivity contribution in [3.8, 4) is 16.9 Å². The minimum absolute atomic E-state index is 0.116. The Morgan fingerprint density at radius 3 is 2.79 bits per heavy atom. The third-order valence-electron chi connectivity index (χ3n) is 5.20. The number of aromatic nitrogens is 2. The van der Waals surface area contributed by atoms with Gasteiger partial charge in [0.1, 0.15) is 11.6 Å². The molecule has 1 aliphatic rings. The fourth-order valence-corrected chi connectivity index (χ4v) is 3.83. The molecule has 0 aliphatic carbocycles. The summed E-state index contributed by atoms with van der Waals surface area (Å²) in [6.07, 6.45) is 3.76. The molecular weight excluding hydrogens is 355 g/mol. The van der Waals surface area contributed by atoms with Crippen LogP contribution in [0.4, 0.5) is 10.3 Å². The Balaban J connectivity index is 1.66. The summed E-state index contributed by atoms with van der Waals surface area (Å²) in [5.74, 6) is 0.812. The van der Waals surface area contributed by atoms with Gasteiger partial charge in [-0.15, -0.1) is 0 Å². The van der Waals surface area contributed by atoms with E-state index in [1.165, 1.54) is 17.7 Å².